The van der Waals surface area contributed by atoms with E-state index in [4.69, 9.17) is 4.74 Å². The van der Waals surface area contributed by atoms with Crippen LogP contribution in [-0.2, 0) is 21.4 Å². The van der Waals surface area contributed by atoms with Gasteiger partial charge in [-0.25, -0.2) is 4.79 Å². The van der Waals surface area contributed by atoms with E-state index in [1.807, 2.05) is 54.6 Å². The molecule has 0 saturated heterocycles. The smallest absolute Gasteiger partial charge is 0.328 e. The fourth-order valence-corrected chi connectivity index (χ4v) is 3.40. The Hall–Kier alpha value is -3.40. The van der Waals surface area contributed by atoms with Gasteiger partial charge < -0.3 is 10.1 Å². The van der Waals surface area contributed by atoms with Crippen molar-refractivity contribution >= 4 is 11.9 Å². The normalized spacial score (nSPS) is 12.1. The molecule has 31 heavy (non-hydrogen) atoms. The minimum Gasteiger partial charge on any atom is -0.467 e. The van der Waals surface area contributed by atoms with Gasteiger partial charge in [0.2, 0.25) is 0 Å². The lowest BCUT2D eigenvalue weighted by Gasteiger charge is -2.20. The van der Waals surface area contributed by atoms with Crippen LogP contribution in [0.2, 0.25) is 0 Å². The predicted molar refractivity (Wildman–Crippen MR) is 124 cm³/mol. The first-order valence-electron chi connectivity index (χ1n) is 10.4. The molecule has 0 aliphatic heterocycles. The van der Waals surface area contributed by atoms with E-state index in [2.05, 4.69) is 38.2 Å². The Morgan fingerprint density at radius 3 is 1.97 bits per heavy atom. The average Bonchev–Trinajstić information content (AvgIpc) is 2.78. The number of carbonyl (C=O) groups excluding carboxylic acids is 2. The van der Waals surface area contributed by atoms with Crippen molar-refractivity contribution in [1.29, 1.82) is 0 Å². The monoisotopic (exact) mass is 415 g/mol. The summed E-state index contributed by atoms with van der Waals surface area (Å²) in [5, 5.41) is 2.82. The van der Waals surface area contributed by atoms with Crippen LogP contribution in [0.25, 0.3) is 11.1 Å². The molecule has 0 saturated carbocycles. The highest BCUT2D eigenvalue weighted by molar-refractivity contribution is 5.96. The van der Waals surface area contributed by atoms with Crippen LogP contribution in [-0.4, -0.2) is 25.0 Å². The third-order valence-electron chi connectivity index (χ3n) is 5.31. The molecule has 3 rings (SSSR count). The van der Waals surface area contributed by atoms with Gasteiger partial charge in [-0.1, -0.05) is 87.5 Å². The molecule has 3 aromatic carbocycles. The number of nitrogens with one attached hydrogen (secondary N) is 1. The average molecular weight is 416 g/mol. The number of rotatable bonds is 6. The van der Waals surface area contributed by atoms with Crippen LogP contribution < -0.4 is 5.32 Å². The van der Waals surface area contributed by atoms with Crippen molar-refractivity contribution < 1.29 is 14.3 Å². The maximum atomic E-state index is 12.7. The summed E-state index contributed by atoms with van der Waals surface area (Å²) in [6.07, 6.45) is 0.355. The minimum atomic E-state index is -0.762. The van der Waals surface area contributed by atoms with Gasteiger partial charge in [0, 0.05) is 12.0 Å². The fraction of sp³-hybridized carbons (Fsp3) is 0.259. The Morgan fingerprint density at radius 2 is 1.42 bits per heavy atom. The molecule has 4 nitrogen and oxygen atoms in total. The van der Waals surface area contributed by atoms with Gasteiger partial charge in [-0.15, -0.1) is 0 Å². The molecule has 3 aromatic rings. The number of ether oxygens (including phenoxy) is 1. The second-order valence-corrected chi connectivity index (χ2v) is 8.64. The van der Waals surface area contributed by atoms with Crippen LogP contribution in [0.4, 0.5) is 0 Å². The van der Waals surface area contributed by atoms with Crippen LogP contribution in [0.15, 0.2) is 78.9 Å². The predicted octanol–water partition coefficient (Wildman–Crippen LogP) is 5.17. The summed E-state index contributed by atoms with van der Waals surface area (Å²) in [5.41, 5.74) is 4.84. The summed E-state index contributed by atoms with van der Waals surface area (Å²) in [6.45, 7) is 6.37. The molecule has 1 amide bonds. The van der Waals surface area contributed by atoms with Crippen LogP contribution in [0.3, 0.4) is 0 Å². The Morgan fingerprint density at radius 1 is 0.839 bits per heavy atom. The van der Waals surface area contributed by atoms with E-state index >= 15 is 0 Å². The molecule has 0 aliphatic carbocycles. The van der Waals surface area contributed by atoms with E-state index in [1.54, 1.807) is 12.1 Å². The van der Waals surface area contributed by atoms with E-state index in [1.165, 1.54) is 7.11 Å². The maximum absolute atomic E-state index is 12.7. The molecule has 4 heteroatoms. The highest BCUT2D eigenvalue weighted by atomic mass is 16.5. The molecule has 0 radical (unpaired) electrons. The van der Waals surface area contributed by atoms with Crippen LogP contribution in [0.1, 0.15) is 42.3 Å². The highest BCUT2D eigenvalue weighted by Gasteiger charge is 2.23. The highest BCUT2D eigenvalue weighted by Crippen LogP contribution is 2.22. The van der Waals surface area contributed by atoms with Crippen LogP contribution >= 0.6 is 0 Å². The second kappa shape index (κ2) is 9.61. The van der Waals surface area contributed by atoms with Crippen molar-refractivity contribution in [1.82, 2.24) is 5.32 Å². The molecule has 160 valence electrons. The molecule has 1 atom stereocenters. The lowest BCUT2D eigenvalue weighted by atomic mass is 9.86. The van der Waals surface area contributed by atoms with Crippen molar-refractivity contribution in [2.24, 2.45) is 0 Å². The Kier molecular flexibility index (Phi) is 6.91. The van der Waals surface area contributed by atoms with Gasteiger partial charge in [-0.3, -0.25) is 4.79 Å². The van der Waals surface area contributed by atoms with Crippen molar-refractivity contribution in [2.45, 2.75) is 38.6 Å². The molecule has 0 spiro atoms. The summed E-state index contributed by atoms with van der Waals surface area (Å²) >= 11 is 0. The third-order valence-corrected chi connectivity index (χ3v) is 5.31. The Balaban J connectivity index is 1.72. The largest absolute Gasteiger partial charge is 0.467 e. The first-order chi connectivity index (χ1) is 14.8. The van der Waals surface area contributed by atoms with Gasteiger partial charge in [0.25, 0.3) is 5.91 Å². The number of hydrogen-bond donors (Lipinski definition) is 1. The van der Waals surface area contributed by atoms with Crippen molar-refractivity contribution in [3.63, 3.8) is 0 Å². The number of hydrogen-bond acceptors (Lipinski definition) is 3. The topological polar surface area (TPSA) is 55.4 Å². The van der Waals surface area contributed by atoms with Crippen molar-refractivity contribution in [3.8, 4) is 11.1 Å². The van der Waals surface area contributed by atoms with Crippen LogP contribution in [0, 0.1) is 0 Å². The molecular weight excluding hydrogens is 386 g/mol. The minimum absolute atomic E-state index is 0.00940. The van der Waals surface area contributed by atoms with Crippen molar-refractivity contribution in [2.75, 3.05) is 7.11 Å². The van der Waals surface area contributed by atoms with Crippen LogP contribution in [0.5, 0.6) is 0 Å². The lowest BCUT2D eigenvalue weighted by molar-refractivity contribution is -0.142. The number of carbonyl (C=O) groups is 2. The first-order valence-corrected chi connectivity index (χ1v) is 10.4. The first kappa shape index (κ1) is 22.3. The summed E-state index contributed by atoms with van der Waals surface area (Å²) in [6, 6.07) is 24.8. The number of amides is 1. The van der Waals surface area contributed by atoms with Gasteiger partial charge in [0.05, 0.1) is 7.11 Å². The molecule has 0 fully saturated rings. The molecular formula is C27H29NO3. The van der Waals surface area contributed by atoms with Gasteiger partial charge in [0.15, 0.2) is 0 Å². The van der Waals surface area contributed by atoms with Gasteiger partial charge in [-0.05, 0) is 39.8 Å². The van der Waals surface area contributed by atoms with Crippen molar-refractivity contribution in [3.05, 3.63) is 95.6 Å². The van der Waals surface area contributed by atoms with Gasteiger partial charge >= 0.3 is 5.97 Å². The lowest BCUT2D eigenvalue weighted by Crippen LogP contribution is -2.43. The zero-order chi connectivity index (χ0) is 22.4. The van der Waals surface area contributed by atoms with E-state index in [9.17, 15) is 9.59 Å². The van der Waals surface area contributed by atoms with E-state index in [0.29, 0.717) is 12.0 Å². The SMILES string of the molecule is COC(=O)[C@H](Cc1ccc(-c2ccccc2)cc1)NC(=O)c1ccc(C(C)(C)C)cc1. The fourth-order valence-electron chi connectivity index (χ4n) is 3.40. The van der Waals surface area contributed by atoms with E-state index < -0.39 is 12.0 Å². The standard InChI is InChI=1S/C27H29NO3/c1-27(2,3)23-16-14-22(15-17-23)25(29)28-24(26(30)31-4)18-19-10-12-21(13-11-19)20-8-6-5-7-9-20/h5-17,24H,18H2,1-4H3,(H,28,29)/t24-/m0/s1. The Labute approximate surface area is 184 Å². The zero-order valence-electron chi connectivity index (χ0n) is 18.5. The third kappa shape index (κ3) is 5.82. The van der Waals surface area contributed by atoms with Gasteiger partial charge in [0.1, 0.15) is 6.04 Å². The van der Waals surface area contributed by atoms with E-state index in [-0.39, 0.29) is 11.3 Å². The molecule has 0 aliphatic rings. The molecule has 0 unspecified atom stereocenters. The molecule has 0 aromatic heterocycles. The molecule has 1 N–H and O–H groups in total. The summed E-state index contributed by atoms with van der Waals surface area (Å²) in [5.74, 6) is -0.761. The second-order valence-electron chi connectivity index (χ2n) is 8.64. The number of esters is 1. The zero-order valence-corrected chi connectivity index (χ0v) is 18.5. The Bertz CT molecular complexity index is 1020. The summed E-state index contributed by atoms with van der Waals surface area (Å²) in [4.78, 5) is 25.1. The number of methoxy groups -OCH3 is 1. The number of benzene rings is 3. The van der Waals surface area contributed by atoms with Gasteiger partial charge in [-0.2, -0.15) is 0 Å². The maximum Gasteiger partial charge on any atom is 0.328 e. The van der Waals surface area contributed by atoms with E-state index in [0.717, 1.165) is 22.3 Å². The summed E-state index contributed by atoms with van der Waals surface area (Å²) in [7, 11) is 1.33. The molecule has 0 heterocycles. The quantitative estimate of drug-likeness (QED) is 0.566. The molecule has 0 bridgehead atoms. The summed E-state index contributed by atoms with van der Waals surface area (Å²) < 4.78 is 4.92.